The molecule has 0 atom stereocenters. The van der Waals surface area contributed by atoms with Crippen LogP contribution in [0.3, 0.4) is 0 Å². The molecular formula is C22H20ClN3O2. The van der Waals surface area contributed by atoms with Crippen molar-refractivity contribution >= 4 is 29.1 Å². The van der Waals surface area contributed by atoms with Gasteiger partial charge in [0.15, 0.2) is 0 Å². The Morgan fingerprint density at radius 1 is 1.00 bits per heavy atom. The highest BCUT2D eigenvalue weighted by molar-refractivity contribution is 6.31. The van der Waals surface area contributed by atoms with Gasteiger partial charge in [-0.15, -0.1) is 0 Å². The summed E-state index contributed by atoms with van der Waals surface area (Å²) >= 11 is 6.08. The number of carbonyl (C=O) groups is 2. The van der Waals surface area contributed by atoms with E-state index in [2.05, 4.69) is 15.6 Å². The van der Waals surface area contributed by atoms with E-state index >= 15 is 0 Å². The summed E-state index contributed by atoms with van der Waals surface area (Å²) in [7, 11) is 0. The Kier molecular flexibility index (Phi) is 6.40. The predicted octanol–water partition coefficient (Wildman–Crippen LogP) is 4.27. The highest BCUT2D eigenvalue weighted by Gasteiger charge is 2.13. The van der Waals surface area contributed by atoms with E-state index in [9.17, 15) is 9.59 Å². The molecule has 0 spiro atoms. The molecule has 0 radical (unpaired) electrons. The highest BCUT2D eigenvalue weighted by atomic mass is 35.5. The van der Waals surface area contributed by atoms with Crippen LogP contribution in [0.5, 0.6) is 0 Å². The smallest absolute Gasteiger partial charge is 0.274 e. The fourth-order valence-corrected chi connectivity index (χ4v) is 2.87. The lowest BCUT2D eigenvalue weighted by atomic mass is 10.1. The molecule has 0 aliphatic rings. The van der Waals surface area contributed by atoms with Gasteiger partial charge in [0.1, 0.15) is 5.69 Å². The normalized spacial score (nSPS) is 10.4. The first-order valence-electron chi connectivity index (χ1n) is 8.89. The number of pyridine rings is 1. The molecule has 0 aliphatic carbocycles. The van der Waals surface area contributed by atoms with E-state index in [0.717, 1.165) is 17.5 Å². The zero-order valence-corrected chi connectivity index (χ0v) is 16.2. The molecule has 0 bridgehead atoms. The van der Waals surface area contributed by atoms with Crippen LogP contribution >= 0.6 is 11.6 Å². The van der Waals surface area contributed by atoms with Gasteiger partial charge in [-0.1, -0.05) is 48.0 Å². The Bertz CT molecular complexity index is 990. The lowest BCUT2D eigenvalue weighted by Crippen LogP contribution is -2.26. The van der Waals surface area contributed by atoms with Crippen molar-refractivity contribution in [2.24, 2.45) is 0 Å². The molecule has 3 rings (SSSR count). The zero-order valence-electron chi connectivity index (χ0n) is 15.4. The fraction of sp³-hybridized carbons (Fsp3) is 0.136. The maximum absolute atomic E-state index is 12.5. The molecule has 142 valence electrons. The molecule has 6 heteroatoms. The summed E-state index contributed by atoms with van der Waals surface area (Å²) < 4.78 is 0. The average molecular weight is 394 g/mol. The van der Waals surface area contributed by atoms with E-state index in [4.69, 9.17) is 11.6 Å². The van der Waals surface area contributed by atoms with Crippen LogP contribution < -0.4 is 10.6 Å². The Hall–Kier alpha value is -3.18. The number of amides is 2. The van der Waals surface area contributed by atoms with Crippen molar-refractivity contribution in [3.63, 3.8) is 0 Å². The largest absolute Gasteiger partial charge is 0.352 e. The number of hydrogen-bond donors (Lipinski definition) is 2. The van der Waals surface area contributed by atoms with Crippen LogP contribution in [-0.2, 0) is 6.42 Å². The average Bonchev–Trinajstić information content (AvgIpc) is 2.72. The third kappa shape index (κ3) is 4.96. The number of benzene rings is 2. The molecule has 2 amide bonds. The number of carbonyl (C=O) groups excluding carboxylic acids is 2. The molecule has 1 heterocycles. The molecule has 2 aromatic carbocycles. The van der Waals surface area contributed by atoms with Crippen LogP contribution in [-0.4, -0.2) is 23.3 Å². The van der Waals surface area contributed by atoms with E-state index in [1.165, 1.54) is 12.3 Å². The van der Waals surface area contributed by atoms with Crippen molar-refractivity contribution in [2.45, 2.75) is 13.3 Å². The quantitative estimate of drug-likeness (QED) is 0.657. The Morgan fingerprint density at radius 3 is 2.57 bits per heavy atom. The van der Waals surface area contributed by atoms with Crippen molar-refractivity contribution in [1.29, 1.82) is 0 Å². The molecule has 2 N–H and O–H groups in total. The molecule has 0 unspecified atom stereocenters. The number of aromatic nitrogens is 1. The number of nitrogens with one attached hydrogen (secondary N) is 2. The fourth-order valence-electron chi connectivity index (χ4n) is 2.69. The van der Waals surface area contributed by atoms with Gasteiger partial charge < -0.3 is 10.6 Å². The highest BCUT2D eigenvalue weighted by Crippen LogP contribution is 2.23. The molecule has 3 aromatic rings. The van der Waals surface area contributed by atoms with Gasteiger partial charge >= 0.3 is 0 Å². The second kappa shape index (κ2) is 9.15. The van der Waals surface area contributed by atoms with Gasteiger partial charge in [-0.2, -0.15) is 0 Å². The van der Waals surface area contributed by atoms with Crippen LogP contribution in [0.4, 0.5) is 5.69 Å². The summed E-state index contributed by atoms with van der Waals surface area (Å²) in [5.74, 6) is -0.643. The summed E-state index contributed by atoms with van der Waals surface area (Å²) in [6.07, 6.45) is 2.19. The summed E-state index contributed by atoms with van der Waals surface area (Å²) in [6.45, 7) is 2.33. The molecule has 28 heavy (non-hydrogen) atoms. The van der Waals surface area contributed by atoms with E-state index in [1.54, 1.807) is 24.3 Å². The lowest BCUT2D eigenvalue weighted by molar-refractivity contribution is 0.0954. The number of nitrogens with zero attached hydrogens (tertiary/aromatic N) is 1. The number of hydrogen-bond acceptors (Lipinski definition) is 3. The molecule has 0 aliphatic heterocycles. The second-order valence-electron chi connectivity index (χ2n) is 6.29. The maximum atomic E-state index is 12.5. The third-order valence-electron chi connectivity index (χ3n) is 4.31. The summed E-state index contributed by atoms with van der Waals surface area (Å²) in [5, 5.41) is 6.21. The van der Waals surface area contributed by atoms with Crippen LogP contribution in [0.25, 0.3) is 0 Å². The zero-order chi connectivity index (χ0) is 19.9. The number of halogens is 1. The van der Waals surface area contributed by atoms with Gasteiger partial charge in [-0.3, -0.25) is 14.6 Å². The predicted molar refractivity (Wildman–Crippen MR) is 111 cm³/mol. The first-order valence-corrected chi connectivity index (χ1v) is 9.27. The van der Waals surface area contributed by atoms with Gasteiger partial charge in [-0.05, 0) is 48.7 Å². The first-order chi connectivity index (χ1) is 13.5. The van der Waals surface area contributed by atoms with Crippen LogP contribution in [0.15, 0.2) is 66.9 Å². The van der Waals surface area contributed by atoms with Crippen molar-refractivity contribution < 1.29 is 9.59 Å². The maximum Gasteiger partial charge on any atom is 0.274 e. The minimum atomic E-state index is -0.399. The molecule has 1 aromatic heterocycles. The first kappa shape index (κ1) is 19.6. The van der Waals surface area contributed by atoms with Crippen LogP contribution in [0, 0.1) is 6.92 Å². The molecule has 0 saturated heterocycles. The minimum Gasteiger partial charge on any atom is -0.352 e. The molecular weight excluding hydrogens is 374 g/mol. The second-order valence-corrected chi connectivity index (χ2v) is 6.69. The van der Waals surface area contributed by atoms with Crippen LogP contribution in [0.1, 0.15) is 32.0 Å². The summed E-state index contributed by atoms with van der Waals surface area (Å²) in [6, 6.07) is 18.2. The van der Waals surface area contributed by atoms with Crippen molar-refractivity contribution in [1.82, 2.24) is 10.3 Å². The van der Waals surface area contributed by atoms with Crippen molar-refractivity contribution in [3.8, 4) is 0 Å². The van der Waals surface area contributed by atoms with Gasteiger partial charge in [0.25, 0.3) is 11.8 Å². The Morgan fingerprint density at radius 2 is 1.79 bits per heavy atom. The van der Waals surface area contributed by atoms with Gasteiger partial charge in [0.05, 0.1) is 0 Å². The summed E-state index contributed by atoms with van der Waals surface area (Å²) in [4.78, 5) is 29.0. The van der Waals surface area contributed by atoms with Crippen molar-refractivity contribution in [3.05, 3.63) is 94.3 Å². The third-order valence-corrected chi connectivity index (χ3v) is 4.72. The lowest BCUT2D eigenvalue weighted by Gasteiger charge is -2.10. The SMILES string of the molecule is Cc1c(Cl)cccc1NC(=O)c1cc(C(=O)NCCc2ccccc2)ccn1. The van der Waals surface area contributed by atoms with E-state index < -0.39 is 5.91 Å². The van der Waals surface area contributed by atoms with Crippen molar-refractivity contribution in [2.75, 3.05) is 11.9 Å². The monoisotopic (exact) mass is 393 g/mol. The van der Waals surface area contributed by atoms with E-state index in [1.807, 2.05) is 37.3 Å². The van der Waals surface area contributed by atoms with Crippen LogP contribution in [0.2, 0.25) is 5.02 Å². The Balaban J connectivity index is 1.63. The summed E-state index contributed by atoms with van der Waals surface area (Å²) in [5.41, 5.74) is 3.07. The van der Waals surface area contributed by atoms with Gasteiger partial charge in [0.2, 0.25) is 0 Å². The number of anilines is 1. The molecule has 0 fully saturated rings. The Labute approximate surface area is 168 Å². The van der Waals surface area contributed by atoms with Gasteiger partial charge in [-0.25, -0.2) is 0 Å². The molecule has 0 saturated carbocycles. The molecule has 5 nitrogen and oxygen atoms in total. The topological polar surface area (TPSA) is 71.1 Å². The number of rotatable bonds is 6. The van der Waals surface area contributed by atoms with Gasteiger partial charge in [0, 0.05) is 29.0 Å². The standard InChI is InChI=1S/C22H20ClN3O2/c1-15-18(23)8-5-9-19(15)26-22(28)20-14-17(11-13-24-20)21(27)25-12-10-16-6-3-2-4-7-16/h2-9,11,13-14H,10,12H2,1H3,(H,25,27)(H,26,28). The van der Waals surface area contributed by atoms with E-state index in [-0.39, 0.29) is 11.6 Å². The minimum absolute atomic E-state index is 0.162. The van der Waals surface area contributed by atoms with E-state index in [0.29, 0.717) is 22.8 Å².